The molecular formula is C15H24. The summed E-state index contributed by atoms with van der Waals surface area (Å²) < 4.78 is 0. The molecule has 3 aliphatic rings. The van der Waals surface area contributed by atoms with Crippen molar-refractivity contribution in [3.63, 3.8) is 0 Å². The maximum atomic E-state index is 2.53. The molecule has 1 fully saturated rings. The van der Waals surface area contributed by atoms with Crippen molar-refractivity contribution in [1.82, 2.24) is 0 Å². The average Bonchev–Trinajstić information content (AvgIpc) is 2.17. The third-order valence-corrected chi connectivity index (χ3v) is 4.57. The molecule has 3 aliphatic carbocycles. The largest absolute Gasteiger partial charge is 0.0856 e. The quantitative estimate of drug-likeness (QED) is 0.583. The second-order valence-corrected chi connectivity index (χ2v) is 6.14. The summed E-state index contributed by atoms with van der Waals surface area (Å²) >= 11 is 0. The third kappa shape index (κ3) is 1.91. The number of rotatable bonds is 3. The van der Waals surface area contributed by atoms with E-state index in [1.165, 1.54) is 31.3 Å². The van der Waals surface area contributed by atoms with Gasteiger partial charge in [0.1, 0.15) is 0 Å². The average molecular weight is 204 g/mol. The summed E-state index contributed by atoms with van der Waals surface area (Å²) in [5.41, 5.74) is 3.81. The van der Waals surface area contributed by atoms with Crippen molar-refractivity contribution in [1.29, 1.82) is 0 Å². The van der Waals surface area contributed by atoms with Crippen LogP contribution in [-0.4, -0.2) is 0 Å². The van der Waals surface area contributed by atoms with Crippen LogP contribution in [0.25, 0.3) is 0 Å². The monoisotopic (exact) mass is 204 g/mol. The predicted octanol–water partition coefficient (Wildman–Crippen LogP) is 4.73. The fraction of sp³-hybridized carbons (Fsp3) is 0.733. The Morgan fingerprint density at radius 1 is 1.47 bits per heavy atom. The zero-order chi connectivity index (χ0) is 11.1. The van der Waals surface area contributed by atoms with Crippen LogP contribution in [-0.2, 0) is 0 Å². The van der Waals surface area contributed by atoms with Crippen molar-refractivity contribution < 1.29 is 0 Å². The molecule has 2 bridgehead atoms. The molecule has 0 N–H and O–H groups in total. The normalized spacial score (nSPS) is 31.6. The van der Waals surface area contributed by atoms with Gasteiger partial charge in [0.2, 0.25) is 0 Å². The molecule has 0 radical (unpaired) electrons. The molecule has 0 nitrogen and oxygen atoms in total. The number of hydrogen-bond donors (Lipinski definition) is 0. The first kappa shape index (κ1) is 11.0. The lowest BCUT2D eigenvalue weighted by atomic mass is 9.48. The van der Waals surface area contributed by atoms with E-state index < -0.39 is 0 Å². The highest BCUT2D eigenvalue weighted by molar-refractivity contribution is 5.23. The molecule has 0 heteroatoms. The molecule has 1 saturated carbocycles. The lowest BCUT2D eigenvalue weighted by Gasteiger charge is -2.56. The van der Waals surface area contributed by atoms with Gasteiger partial charge in [0.15, 0.2) is 0 Å². The van der Waals surface area contributed by atoms with E-state index in [1.54, 1.807) is 5.57 Å². The van der Waals surface area contributed by atoms with Gasteiger partial charge in [-0.25, -0.2) is 0 Å². The van der Waals surface area contributed by atoms with E-state index in [0.717, 1.165) is 11.8 Å². The van der Waals surface area contributed by atoms with E-state index in [-0.39, 0.29) is 0 Å². The zero-order valence-electron chi connectivity index (χ0n) is 10.6. The molecule has 0 amide bonds. The van der Waals surface area contributed by atoms with Crippen LogP contribution in [0.1, 0.15) is 53.4 Å². The molecule has 0 aliphatic heterocycles. The Hall–Kier alpha value is -0.520. The van der Waals surface area contributed by atoms with E-state index in [9.17, 15) is 0 Å². The first-order valence-corrected chi connectivity index (χ1v) is 6.34. The third-order valence-electron chi connectivity index (χ3n) is 4.57. The maximum absolute atomic E-state index is 2.53. The smallest absolute Gasteiger partial charge is 0.0146 e. The van der Waals surface area contributed by atoms with Crippen LogP contribution < -0.4 is 0 Å². The molecule has 3 rings (SSSR count). The topological polar surface area (TPSA) is 0 Å². The molecule has 2 unspecified atom stereocenters. The van der Waals surface area contributed by atoms with Crippen molar-refractivity contribution in [3.8, 4) is 0 Å². The number of allylic oxidation sites excluding steroid dienone is 4. The molecule has 15 heavy (non-hydrogen) atoms. The van der Waals surface area contributed by atoms with Gasteiger partial charge in [-0.05, 0) is 56.8 Å². The maximum Gasteiger partial charge on any atom is -0.0146 e. The van der Waals surface area contributed by atoms with Gasteiger partial charge in [0.25, 0.3) is 0 Å². The SMILES string of the molecule is CC(C)=CCCC1=CCC2CC1C2(C)C. The van der Waals surface area contributed by atoms with Gasteiger partial charge in [-0.15, -0.1) is 0 Å². The first-order valence-electron chi connectivity index (χ1n) is 6.34. The van der Waals surface area contributed by atoms with Crippen LogP contribution in [0, 0.1) is 17.3 Å². The van der Waals surface area contributed by atoms with E-state index in [4.69, 9.17) is 0 Å². The molecular weight excluding hydrogens is 180 g/mol. The standard InChI is InChI=1S/C15H24/c1-11(2)6-5-7-12-8-9-13-10-14(12)15(13,3)4/h6,8,13-14H,5,7,9-10H2,1-4H3. The Morgan fingerprint density at radius 3 is 2.73 bits per heavy atom. The van der Waals surface area contributed by atoms with Crippen molar-refractivity contribution in [2.75, 3.05) is 0 Å². The van der Waals surface area contributed by atoms with Crippen LogP contribution in [0.5, 0.6) is 0 Å². The second-order valence-electron chi connectivity index (χ2n) is 6.14. The number of hydrogen-bond acceptors (Lipinski definition) is 0. The van der Waals surface area contributed by atoms with E-state index in [0.29, 0.717) is 5.41 Å². The fourth-order valence-electron chi connectivity index (χ4n) is 3.28. The van der Waals surface area contributed by atoms with E-state index in [1.807, 2.05) is 0 Å². The summed E-state index contributed by atoms with van der Waals surface area (Å²) in [5, 5.41) is 0. The fourth-order valence-corrected chi connectivity index (χ4v) is 3.28. The van der Waals surface area contributed by atoms with Crippen LogP contribution in [0.15, 0.2) is 23.3 Å². The molecule has 0 aromatic rings. The highest BCUT2D eigenvalue weighted by Crippen LogP contribution is 2.59. The Bertz CT molecular complexity index is 300. The Morgan fingerprint density at radius 2 is 2.20 bits per heavy atom. The first-order chi connectivity index (χ1) is 7.01. The molecule has 0 heterocycles. The lowest BCUT2D eigenvalue weighted by Crippen LogP contribution is -2.47. The van der Waals surface area contributed by atoms with Crippen molar-refractivity contribution in [2.24, 2.45) is 17.3 Å². The van der Waals surface area contributed by atoms with Crippen molar-refractivity contribution in [2.45, 2.75) is 53.4 Å². The van der Waals surface area contributed by atoms with Gasteiger partial charge < -0.3 is 0 Å². The Balaban J connectivity index is 1.94. The highest BCUT2D eigenvalue weighted by Gasteiger charge is 2.50. The zero-order valence-corrected chi connectivity index (χ0v) is 10.6. The molecule has 0 spiro atoms. The molecule has 2 atom stereocenters. The minimum Gasteiger partial charge on any atom is -0.0856 e. The summed E-state index contributed by atoms with van der Waals surface area (Å²) in [6.07, 6.45) is 10.3. The van der Waals surface area contributed by atoms with Gasteiger partial charge >= 0.3 is 0 Å². The Kier molecular flexibility index (Phi) is 2.79. The van der Waals surface area contributed by atoms with E-state index >= 15 is 0 Å². The molecule has 84 valence electrons. The van der Waals surface area contributed by atoms with Crippen LogP contribution in [0.2, 0.25) is 0 Å². The summed E-state index contributed by atoms with van der Waals surface area (Å²) in [6.45, 7) is 9.30. The minimum atomic E-state index is 0.606. The summed E-state index contributed by atoms with van der Waals surface area (Å²) in [7, 11) is 0. The van der Waals surface area contributed by atoms with Crippen molar-refractivity contribution in [3.05, 3.63) is 23.3 Å². The van der Waals surface area contributed by atoms with Gasteiger partial charge in [-0.2, -0.15) is 0 Å². The lowest BCUT2D eigenvalue weighted by molar-refractivity contribution is -0.00811. The molecule has 0 saturated heterocycles. The van der Waals surface area contributed by atoms with Gasteiger partial charge in [0, 0.05) is 0 Å². The van der Waals surface area contributed by atoms with E-state index in [2.05, 4.69) is 39.8 Å². The minimum absolute atomic E-state index is 0.606. The second kappa shape index (κ2) is 3.81. The van der Waals surface area contributed by atoms with Gasteiger partial charge in [-0.3, -0.25) is 0 Å². The number of fused-ring (bicyclic) bond motifs is 1. The van der Waals surface area contributed by atoms with Gasteiger partial charge in [0.05, 0.1) is 0 Å². The Labute approximate surface area is 94.5 Å². The van der Waals surface area contributed by atoms with Crippen molar-refractivity contribution >= 4 is 0 Å². The highest BCUT2D eigenvalue weighted by atomic mass is 14.5. The van der Waals surface area contributed by atoms with Crippen LogP contribution in [0.3, 0.4) is 0 Å². The summed E-state index contributed by atoms with van der Waals surface area (Å²) in [5.74, 6) is 1.89. The summed E-state index contributed by atoms with van der Waals surface area (Å²) in [6, 6.07) is 0. The molecule has 0 aromatic heterocycles. The predicted molar refractivity (Wildman–Crippen MR) is 66.7 cm³/mol. The van der Waals surface area contributed by atoms with Crippen LogP contribution >= 0.6 is 0 Å². The molecule has 0 aromatic carbocycles. The van der Waals surface area contributed by atoms with Gasteiger partial charge in [-0.1, -0.05) is 37.1 Å². The summed E-state index contributed by atoms with van der Waals surface area (Å²) in [4.78, 5) is 0. The van der Waals surface area contributed by atoms with Crippen LogP contribution in [0.4, 0.5) is 0 Å².